The predicted molar refractivity (Wildman–Crippen MR) is 117 cm³/mol. The molecule has 2 fully saturated rings. The highest BCUT2D eigenvalue weighted by Gasteiger charge is 2.26. The van der Waals surface area contributed by atoms with Gasteiger partial charge < -0.3 is 15.5 Å². The molecule has 2 N–H and O–H groups in total. The molecule has 1 atom stereocenters. The average molecular weight is 398 g/mol. The van der Waals surface area contributed by atoms with Gasteiger partial charge in [-0.1, -0.05) is 25.3 Å². The minimum Gasteiger partial charge on any atom is -0.326 e. The lowest BCUT2D eigenvalue weighted by Gasteiger charge is -2.31. The van der Waals surface area contributed by atoms with Gasteiger partial charge in [0.1, 0.15) is 0 Å². The quantitative estimate of drug-likeness (QED) is 0.754. The van der Waals surface area contributed by atoms with E-state index in [1.807, 2.05) is 23.1 Å². The van der Waals surface area contributed by atoms with Gasteiger partial charge in [0.05, 0.1) is 0 Å². The van der Waals surface area contributed by atoms with Gasteiger partial charge in [-0.2, -0.15) is 0 Å². The van der Waals surface area contributed by atoms with Crippen molar-refractivity contribution in [1.82, 2.24) is 5.32 Å². The molecule has 1 aromatic carbocycles. The third kappa shape index (κ3) is 5.19. The van der Waals surface area contributed by atoms with Crippen LogP contribution < -0.4 is 15.5 Å². The molecule has 1 saturated heterocycles. The van der Waals surface area contributed by atoms with E-state index in [1.165, 1.54) is 38.5 Å². The first-order valence-corrected chi connectivity index (χ1v) is 11.6. The molecule has 1 aromatic rings. The highest BCUT2D eigenvalue weighted by Crippen LogP contribution is 2.34. The number of carbonyl (C=O) groups excluding carboxylic acids is 2. The molecule has 0 aromatic heterocycles. The molecule has 0 bridgehead atoms. The summed E-state index contributed by atoms with van der Waals surface area (Å²) in [7, 11) is 0. The molecule has 2 heterocycles. The van der Waals surface area contributed by atoms with Crippen molar-refractivity contribution in [3.63, 3.8) is 0 Å². The molecule has 5 nitrogen and oxygen atoms in total. The van der Waals surface area contributed by atoms with Crippen LogP contribution in [0.4, 0.5) is 11.4 Å². The van der Waals surface area contributed by atoms with Crippen molar-refractivity contribution in [3.8, 4) is 0 Å². The second-order valence-electron chi connectivity index (χ2n) is 9.11. The fraction of sp³-hybridized carbons (Fsp3) is 0.667. The van der Waals surface area contributed by atoms with E-state index < -0.39 is 0 Å². The van der Waals surface area contributed by atoms with Crippen LogP contribution in [0.5, 0.6) is 0 Å². The van der Waals surface area contributed by atoms with E-state index in [1.54, 1.807) is 0 Å². The number of benzene rings is 1. The van der Waals surface area contributed by atoms with Gasteiger partial charge in [-0.25, -0.2) is 0 Å². The second-order valence-corrected chi connectivity index (χ2v) is 9.11. The second kappa shape index (κ2) is 9.75. The number of nitrogens with zero attached hydrogens (tertiary/aromatic N) is 1. The van der Waals surface area contributed by atoms with Crippen molar-refractivity contribution in [3.05, 3.63) is 23.8 Å². The lowest BCUT2D eigenvalue weighted by molar-refractivity contribution is -0.119. The van der Waals surface area contributed by atoms with Gasteiger partial charge in [-0.05, 0) is 81.1 Å². The summed E-state index contributed by atoms with van der Waals surface area (Å²) in [6, 6.07) is 6.01. The molecule has 0 radical (unpaired) electrons. The number of amides is 2. The summed E-state index contributed by atoms with van der Waals surface area (Å²) < 4.78 is 0. The van der Waals surface area contributed by atoms with E-state index in [0.29, 0.717) is 24.7 Å². The zero-order valence-corrected chi connectivity index (χ0v) is 17.5. The van der Waals surface area contributed by atoms with E-state index in [4.69, 9.17) is 0 Å². The first-order valence-electron chi connectivity index (χ1n) is 11.6. The number of anilines is 2. The Hall–Kier alpha value is -1.88. The van der Waals surface area contributed by atoms with Gasteiger partial charge in [0.2, 0.25) is 11.8 Å². The standard InChI is InChI=1S/C24H35N3O2/c28-23(16-18-6-2-1-3-7-18)26-21-9-4-10-22-20(21)8-5-15-27(22)24(29)12-11-19-13-14-25-17-19/h4,9-10,18-19,25H,1-3,5-8,11-17H2,(H,26,28). The van der Waals surface area contributed by atoms with Gasteiger partial charge >= 0.3 is 0 Å². The average Bonchev–Trinajstić information content (AvgIpc) is 3.26. The third-order valence-electron chi connectivity index (χ3n) is 6.95. The third-order valence-corrected chi connectivity index (χ3v) is 6.95. The Morgan fingerprint density at radius 1 is 1.07 bits per heavy atom. The molecule has 2 amide bonds. The smallest absolute Gasteiger partial charge is 0.226 e. The Labute approximate surface area is 174 Å². The Morgan fingerprint density at radius 3 is 2.72 bits per heavy atom. The molecule has 0 spiro atoms. The lowest BCUT2D eigenvalue weighted by Crippen LogP contribution is -2.36. The van der Waals surface area contributed by atoms with Crippen LogP contribution in [0.2, 0.25) is 0 Å². The Kier molecular flexibility index (Phi) is 6.86. The summed E-state index contributed by atoms with van der Waals surface area (Å²) in [6.45, 7) is 2.91. The summed E-state index contributed by atoms with van der Waals surface area (Å²) in [4.78, 5) is 27.5. The van der Waals surface area contributed by atoms with Gasteiger partial charge in [0, 0.05) is 30.8 Å². The first kappa shape index (κ1) is 20.4. The molecule has 5 heteroatoms. The van der Waals surface area contributed by atoms with Crippen molar-refractivity contribution in [1.29, 1.82) is 0 Å². The van der Waals surface area contributed by atoms with Crippen molar-refractivity contribution in [2.45, 2.75) is 70.6 Å². The van der Waals surface area contributed by atoms with Gasteiger partial charge in [-0.15, -0.1) is 0 Å². The van der Waals surface area contributed by atoms with Crippen LogP contribution in [-0.4, -0.2) is 31.4 Å². The zero-order chi connectivity index (χ0) is 20.1. The van der Waals surface area contributed by atoms with E-state index in [2.05, 4.69) is 10.6 Å². The molecule has 1 saturated carbocycles. The Bertz CT molecular complexity index is 721. The molecular formula is C24H35N3O2. The molecule has 158 valence electrons. The summed E-state index contributed by atoms with van der Waals surface area (Å²) >= 11 is 0. The molecular weight excluding hydrogens is 362 g/mol. The molecule has 3 aliphatic rings. The maximum Gasteiger partial charge on any atom is 0.226 e. The number of hydrogen-bond donors (Lipinski definition) is 2. The number of carbonyl (C=O) groups is 2. The van der Waals surface area contributed by atoms with Crippen LogP contribution in [0.15, 0.2) is 18.2 Å². The van der Waals surface area contributed by atoms with E-state index in [0.717, 1.165) is 55.8 Å². The molecule has 4 rings (SSSR count). The van der Waals surface area contributed by atoms with E-state index in [-0.39, 0.29) is 11.8 Å². The predicted octanol–water partition coefficient (Wildman–Crippen LogP) is 4.26. The van der Waals surface area contributed by atoms with Gasteiger partial charge in [-0.3, -0.25) is 9.59 Å². The zero-order valence-electron chi connectivity index (χ0n) is 17.5. The van der Waals surface area contributed by atoms with Crippen LogP contribution in [0.3, 0.4) is 0 Å². The molecule has 29 heavy (non-hydrogen) atoms. The number of nitrogens with one attached hydrogen (secondary N) is 2. The van der Waals surface area contributed by atoms with E-state index >= 15 is 0 Å². The van der Waals surface area contributed by atoms with Crippen molar-refractivity contribution in [2.24, 2.45) is 11.8 Å². The van der Waals surface area contributed by atoms with Crippen molar-refractivity contribution < 1.29 is 9.59 Å². The Balaban J connectivity index is 1.39. The number of hydrogen-bond acceptors (Lipinski definition) is 3. The topological polar surface area (TPSA) is 61.4 Å². The largest absolute Gasteiger partial charge is 0.326 e. The monoisotopic (exact) mass is 397 g/mol. The maximum atomic E-state index is 12.9. The summed E-state index contributed by atoms with van der Waals surface area (Å²) in [5.74, 6) is 1.52. The highest BCUT2D eigenvalue weighted by atomic mass is 16.2. The fourth-order valence-electron chi connectivity index (χ4n) is 5.28. The normalized spacial score (nSPS) is 22.3. The van der Waals surface area contributed by atoms with Gasteiger partial charge in [0.25, 0.3) is 0 Å². The molecule has 1 unspecified atom stereocenters. The summed E-state index contributed by atoms with van der Waals surface area (Å²) in [5, 5.41) is 6.55. The maximum absolute atomic E-state index is 12.9. The van der Waals surface area contributed by atoms with Crippen LogP contribution in [0, 0.1) is 11.8 Å². The molecule has 2 aliphatic heterocycles. The summed E-state index contributed by atoms with van der Waals surface area (Å²) in [5.41, 5.74) is 3.04. The fourth-order valence-corrected chi connectivity index (χ4v) is 5.28. The first-order chi connectivity index (χ1) is 14.2. The molecule has 1 aliphatic carbocycles. The van der Waals surface area contributed by atoms with Crippen LogP contribution in [0.1, 0.15) is 69.8 Å². The lowest BCUT2D eigenvalue weighted by atomic mass is 9.87. The van der Waals surface area contributed by atoms with Crippen LogP contribution in [0.25, 0.3) is 0 Å². The van der Waals surface area contributed by atoms with Gasteiger partial charge in [0.15, 0.2) is 0 Å². The van der Waals surface area contributed by atoms with Crippen molar-refractivity contribution in [2.75, 3.05) is 29.9 Å². The van der Waals surface area contributed by atoms with E-state index in [9.17, 15) is 9.59 Å². The minimum atomic E-state index is 0.127. The minimum absolute atomic E-state index is 0.127. The van der Waals surface area contributed by atoms with Crippen molar-refractivity contribution >= 4 is 23.2 Å². The van der Waals surface area contributed by atoms with Crippen LogP contribution in [-0.2, 0) is 16.0 Å². The van der Waals surface area contributed by atoms with Crippen LogP contribution >= 0.6 is 0 Å². The number of rotatable bonds is 6. The highest BCUT2D eigenvalue weighted by molar-refractivity contribution is 5.98. The number of fused-ring (bicyclic) bond motifs is 1. The summed E-state index contributed by atoms with van der Waals surface area (Å²) in [6.07, 6.45) is 11.5. The Morgan fingerprint density at radius 2 is 1.93 bits per heavy atom. The SMILES string of the molecule is O=C(CC1CCCCC1)Nc1cccc2c1CCCN2C(=O)CCC1CCNC1.